The molecule has 0 aromatic heterocycles. The summed E-state index contributed by atoms with van der Waals surface area (Å²) >= 11 is 0. The molecular weight excluding hydrogens is 262 g/mol. The van der Waals surface area contributed by atoms with Crippen LogP contribution >= 0.6 is 0 Å². The largest absolute Gasteiger partial charge is 0.497 e. The number of methoxy groups -OCH3 is 1. The number of fused-ring (bicyclic) bond motifs is 4. The fourth-order valence-corrected chi connectivity index (χ4v) is 3.17. The Labute approximate surface area is 124 Å². The second-order valence-electron chi connectivity index (χ2n) is 5.59. The molecule has 0 atom stereocenters. The minimum atomic E-state index is 0.865. The van der Waals surface area contributed by atoms with Crippen LogP contribution in [0.4, 0.5) is 0 Å². The Bertz CT molecular complexity index is 749. The van der Waals surface area contributed by atoms with Gasteiger partial charge in [-0.05, 0) is 42.5 Å². The molecule has 0 radical (unpaired) electrons. The molecule has 2 heterocycles. The first-order valence-electron chi connectivity index (χ1n) is 7.12. The highest BCUT2D eigenvalue weighted by Gasteiger charge is 2.28. The molecule has 0 bridgehead atoms. The number of para-hydroxylation sites is 1. The minimum Gasteiger partial charge on any atom is -0.497 e. The Morgan fingerprint density at radius 2 is 1.67 bits per heavy atom. The lowest BCUT2D eigenvalue weighted by molar-refractivity contribution is 0.411. The molecule has 0 amide bonds. The number of ether oxygens (including phenoxy) is 2. The fourth-order valence-electron chi connectivity index (χ4n) is 3.17. The molecule has 0 saturated carbocycles. The lowest BCUT2D eigenvalue weighted by Gasteiger charge is -2.14. The van der Waals surface area contributed by atoms with Gasteiger partial charge in [0.25, 0.3) is 0 Å². The quantitative estimate of drug-likeness (QED) is 0.795. The molecule has 3 nitrogen and oxygen atoms in total. The normalized spacial score (nSPS) is 16.7. The lowest BCUT2D eigenvalue weighted by atomic mass is 9.97. The third-order valence-electron chi connectivity index (χ3n) is 4.16. The summed E-state index contributed by atoms with van der Waals surface area (Å²) in [6, 6.07) is 14.3. The smallest absolute Gasteiger partial charge is 0.135 e. The van der Waals surface area contributed by atoms with E-state index in [1.807, 2.05) is 24.3 Å². The van der Waals surface area contributed by atoms with Gasteiger partial charge in [0.1, 0.15) is 17.2 Å². The van der Waals surface area contributed by atoms with E-state index < -0.39 is 0 Å². The Morgan fingerprint density at radius 3 is 2.48 bits per heavy atom. The first-order chi connectivity index (χ1) is 10.3. The summed E-state index contributed by atoms with van der Waals surface area (Å²) in [7, 11) is 3.85. The van der Waals surface area contributed by atoms with E-state index in [0.29, 0.717) is 0 Å². The summed E-state index contributed by atoms with van der Waals surface area (Å²) in [6.45, 7) is 1.89. The molecule has 2 aromatic rings. The minimum absolute atomic E-state index is 0.865. The van der Waals surface area contributed by atoms with Gasteiger partial charge < -0.3 is 9.47 Å². The number of benzene rings is 2. The van der Waals surface area contributed by atoms with Gasteiger partial charge >= 0.3 is 0 Å². The Kier molecular flexibility index (Phi) is 2.76. The molecule has 106 valence electrons. The second kappa shape index (κ2) is 4.64. The van der Waals surface area contributed by atoms with Crippen molar-refractivity contribution < 1.29 is 9.47 Å². The summed E-state index contributed by atoms with van der Waals surface area (Å²) in [4.78, 5) is 2.33. The van der Waals surface area contributed by atoms with Gasteiger partial charge in [0.2, 0.25) is 0 Å². The Morgan fingerprint density at radius 1 is 0.952 bits per heavy atom. The number of likely N-dealkylation sites (N-methyl/N-ethyl adjacent to an activating group) is 1. The SMILES string of the molecule is COc1ccc2c(c1)C1=C(CN(C)C1)c1ccccc1O2. The highest BCUT2D eigenvalue weighted by molar-refractivity contribution is 5.98. The maximum atomic E-state index is 6.16. The van der Waals surface area contributed by atoms with E-state index in [-0.39, 0.29) is 0 Å². The molecule has 2 aromatic carbocycles. The van der Waals surface area contributed by atoms with Crippen LogP contribution in [0.15, 0.2) is 42.5 Å². The van der Waals surface area contributed by atoms with Crippen LogP contribution in [-0.4, -0.2) is 32.1 Å². The van der Waals surface area contributed by atoms with E-state index in [1.54, 1.807) is 7.11 Å². The molecule has 2 aliphatic rings. The lowest BCUT2D eigenvalue weighted by Crippen LogP contribution is -2.15. The molecule has 21 heavy (non-hydrogen) atoms. The predicted octanol–water partition coefficient (Wildman–Crippen LogP) is 3.66. The average Bonchev–Trinajstić information content (AvgIpc) is 2.84. The standard InChI is InChI=1S/C18H17NO2/c1-19-10-15-13-5-3-4-6-17(13)21-18-8-7-12(20-2)9-14(18)16(15)11-19/h3-9H,10-11H2,1-2H3. The molecular formula is C18H17NO2. The van der Waals surface area contributed by atoms with Crippen LogP contribution in [0.5, 0.6) is 17.2 Å². The summed E-state index contributed by atoms with van der Waals surface area (Å²) in [5, 5.41) is 0. The first-order valence-corrected chi connectivity index (χ1v) is 7.12. The van der Waals surface area contributed by atoms with Gasteiger partial charge in [0.05, 0.1) is 7.11 Å². The molecule has 0 fully saturated rings. The van der Waals surface area contributed by atoms with Crippen LogP contribution in [0, 0.1) is 0 Å². The van der Waals surface area contributed by atoms with Crippen molar-refractivity contribution in [3.05, 3.63) is 53.6 Å². The van der Waals surface area contributed by atoms with E-state index in [2.05, 4.69) is 30.1 Å². The molecule has 0 unspecified atom stereocenters. The van der Waals surface area contributed by atoms with Crippen LogP contribution in [0.2, 0.25) is 0 Å². The molecule has 0 spiro atoms. The zero-order chi connectivity index (χ0) is 14.4. The maximum Gasteiger partial charge on any atom is 0.135 e. The van der Waals surface area contributed by atoms with Gasteiger partial charge in [-0.25, -0.2) is 0 Å². The Balaban J connectivity index is 1.98. The van der Waals surface area contributed by atoms with Gasteiger partial charge in [-0.1, -0.05) is 18.2 Å². The van der Waals surface area contributed by atoms with Crippen molar-refractivity contribution in [2.45, 2.75) is 0 Å². The van der Waals surface area contributed by atoms with Gasteiger partial charge in [0, 0.05) is 24.2 Å². The third kappa shape index (κ3) is 1.93. The summed E-state index contributed by atoms with van der Waals surface area (Å²) in [6.07, 6.45) is 0. The van der Waals surface area contributed by atoms with Gasteiger partial charge in [-0.15, -0.1) is 0 Å². The molecule has 2 aliphatic heterocycles. The second-order valence-corrected chi connectivity index (χ2v) is 5.59. The maximum absolute atomic E-state index is 6.16. The van der Waals surface area contributed by atoms with Crippen LogP contribution in [-0.2, 0) is 0 Å². The van der Waals surface area contributed by atoms with Gasteiger partial charge in [-0.2, -0.15) is 0 Å². The van der Waals surface area contributed by atoms with Gasteiger partial charge in [-0.3, -0.25) is 4.90 Å². The summed E-state index contributed by atoms with van der Waals surface area (Å²) < 4.78 is 11.5. The summed E-state index contributed by atoms with van der Waals surface area (Å²) in [5.41, 5.74) is 5.05. The van der Waals surface area contributed by atoms with Crippen LogP contribution < -0.4 is 9.47 Å². The van der Waals surface area contributed by atoms with E-state index in [0.717, 1.165) is 35.9 Å². The average molecular weight is 279 g/mol. The van der Waals surface area contributed by atoms with Crippen molar-refractivity contribution in [2.24, 2.45) is 0 Å². The molecule has 4 rings (SSSR count). The van der Waals surface area contributed by atoms with Crippen molar-refractivity contribution in [1.29, 1.82) is 0 Å². The van der Waals surface area contributed by atoms with Crippen LogP contribution in [0.25, 0.3) is 11.1 Å². The van der Waals surface area contributed by atoms with Crippen molar-refractivity contribution in [2.75, 3.05) is 27.2 Å². The topological polar surface area (TPSA) is 21.7 Å². The van der Waals surface area contributed by atoms with Crippen molar-refractivity contribution in [1.82, 2.24) is 4.90 Å². The highest BCUT2D eigenvalue weighted by atomic mass is 16.5. The van der Waals surface area contributed by atoms with Crippen molar-refractivity contribution in [3.63, 3.8) is 0 Å². The molecule has 0 saturated heterocycles. The highest BCUT2D eigenvalue weighted by Crippen LogP contribution is 2.45. The number of hydrogen-bond acceptors (Lipinski definition) is 3. The molecule has 0 aliphatic carbocycles. The zero-order valence-corrected chi connectivity index (χ0v) is 12.2. The zero-order valence-electron chi connectivity index (χ0n) is 12.2. The summed E-state index contributed by atoms with van der Waals surface area (Å²) in [5.74, 6) is 2.71. The number of nitrogens with zero attached hydrogens (tertiary/aromatic N) is 1. The van der Waals surface area contributed by atoms with Crippen molar-refractivity contribution >= 4 is 11.1 Å². The number of hydrogen-bond donors (Lipinski definition) is 0. The molecule has 0 N–H and O–H groups in total. The van der Waals surface area contributed by atoms with Crippen LogP contribution in [0.1, 0.15) is 11.1 Å². The van der Waals surface area contributed by atoms with Crippen LogP contribution in [0.3, 0.4) is 0 Å². The van der Waals surface area contributed by atoms with E-state index >= 15 is 0 Å². The third-order valence-corrected chi connectivity index (χ3v) is 4.16. The first kappa shape index (κ1) is 12.5. The predicted molar refractivity (Wildman–Crippen MR) is 83.8 cm³/mol. The van der Waals surface area contributed by atoms with Crippen molar-refractivity contribution in [3.8, 4) is 17.2 Å². The number of rotatable bonds is 1. The Hall–Kier alpha value is -2.26. The van der Waals surface area contributed by atoms with E-state index in [4.69, 9.17) is 9.47 Å². The molecule has 3 heteroatoms. The van der Waals surface area contributed by atoms with E-state index in [9.17, 15) is 0 Å². The monoisotopic (exact) mass is 279 g/mol. The van der Waals surface area contributed by atoms with Gasteiger partial charge in [0.15, 0.2) is 0 Å². The van der Waals surface area contributed by atoms with E-state index in [1.165, 1.54) is 16.7 Å². The fraction of sp³-hybridized carbons (Fsp3) is 0.222.